The molecule has 124 valence electrons. The van der Waals surface area contributed by atoms with Crippen molar-refractivity contribution in [2.24, 2.45) is 7.05 Å². The molecule has 7 heteroatoms. The number of nitrogens with zero attached hydrogens (tertiary/aromatic N) is 6. The Morgan fingerprint density at radius 1 is 1.12 bits per heavy atom. The van der Waals surface area contributed by atoms with Crippen molar-refractivity contribution in [1.29, 1.82) is 0 Å². The zero-order valence-corrected chi connectivity index (χ0v) is 14.1. The van der Waals surface area contributed by atoms with E-state index in [1.807, 2.05) is 38.1 Å². The highest BCUT2D eigenvalue weighted by Crippen LogP contribution is 2.28. The van der Waals surface area contributed by atoms with Gasteiger partial charge in [-0.3, -0.25) is 0 Å². The molecule has 0 saturated carbocycles. The number of hydrogen-bond donors (Lipinski definition) is 0. The summed E-state index contributed by atoms with van der Waals surface area (Å²) in [4.78, 5) is 1.46. The van der Waals surface area contributed by atoms with Gasteiger partial charge in [-0.1, -0.05) is 0 Å². The van der Waals surface area contributed by atoms with Gasteiger partial charge in [-0.05, 0) is 67.3 Å². The lowest BCUT2D eigenvalue weighted by molar-refractivity contribution is 0.306. The zero-order chi connectivity index (χ0) is 16.9. The summed E-state index contributed by atoms with van der Waals surface area (Å²) in [6.07, 6.45) is 3.43. The molecule has 0 unspecified atom stereocenters. The van der Waals surface area contributed by atoms with E-state index < -0.39 is 0 Å². The molecule has 7 nitrogen and oxygen atoms in total. The summed E-state index contributed by atoms with van der Waals surface area (Å²) in [5.74, 6) is 1.54. The van der Waals surface area contributed by atoms with Crippen molar-refractivity contribution in [3.05, 3.63) is 47.3 Å². The van der Waals surface area contributed by atoms with Gasteiger partial charge in [0.25, 0.3) is 0 Å². The normalized spacial score (nSPS) is 10.8. The van der Waals surface area contributed by atoms with Crippen molar-refractivity contribution in [3.63, 3.8) is 0 Å². The molecule has 3 aromatic rings. The Morgan fingerprint density at radius 3 is 2.54 bits per heavy atom. The molecule has 0 N–H and O–H groups in total. The van der Waals surface area contributed by atoms with Crippen molar-refractivity contribution < 1.29 is 4.74 Å². The Balaban J connectivity index is 1.63. The van der Waals surface area contributed by atoms with Crippen molar-refractivity contribution in [1.82, 2.24) is 30.4 Å². The summed E-state index contributed by atoms with van der Waals surface area (Å²) >= 11 is 0. The quantitative estimate of drug-likeness (QED) is 0.647. The summed E-state index contributed by atoms with van der Waals surface area (Å²) in [6.45, 7) is 4.71. The molecule has 3 rings (SSSR count). The predicted molar refractivity (Wildman–Crippen MR) is 89.6 cm³/mol. The molecule has 0 spiro atoms. The van der Waals surface area contributed by atoms with Crippen LogP contribution in [0.2, 0.25) is 0 Å². The molecular weight excluding hydrogens is 304 g/mol. The molecule has 0 bridgehead atoms. The molecule has 0 aliphatic heterocycles. The fraction of sp³-hybridized carbons (Fsp3) is 0.353. The summed E-state index contributed by atoms with van der Waals surface area (Å²) < 4.78 is 5.98. The van der Waals surface area contributed by atoms with E-state index in [0.717, 1.165) is 41.0 Å². The maximum atomic E-state index is 5.98. The van der Waals surface area contributed by atoms with Crippen LogP contribution in [-0.4, -0.2) is 37.0 Å². The van der Waals surface area contributed by atoms with Gasteiger partial charge in [0, 0.05) is 11.8 Å². The van der Waals surface area contributed by atoms with Crippen LogP contribution >= 0.6 is 0 Å². The standard InChI is InChI=1S/C17H20N6O/c1-12-10-14(17-20-22-23(3)21-17)11-13(2)16(12)24-9-5-7-15-6-4-8-18-19-15/h4,6,8,10-11H,5,7,9H2,1-3H3. The molecule has 24 heavy (non-hydrogen) atoms. The van der Waals surface area contributed by atoms with E-state index in [9.17, 15) is 0 Å². The molecule has 0 saturated heterocycles. The lowest BCUT2D eigenvalue weighted by atomic mass is 10.1. The average Bonchev–Trinajstić information content (AvgIpc) is 3.01. The van der Waals surface area contributed by atoms with Crippen LogP contribution in [-0.2, 0) is 13.5 Å². The smallest absolute Gasteiger partial charge is 0.204 e. The minimum atomic E-state index is 0.623. The van der Waals surface area contributed by atoms with Crippen molar-refractivity contribution in [2.75, 3.05) is 6.61 Å². The van der Waals surface area contributed by atoms with Gasteiger partial charge in [-0.25, -0.2) is 0 Å². The first-order valence-electron chi connectivity index (χ1n) is 7.88. The van der Waals surface area contributed by atoms with Crippen LogP contribution in [0.25, 0.3) is 11.4 Å². The SMILES string of the molecule is Cc1cc(-c2nnn(C)n2)cc(C)c1OCCCc1cccnn1. The highest BCUT2D eigenvalue weighted by atomic mass is 16.5. The minimum Gasteiger partial charge on any atom is -0.493 e. The van der Waals surface area contributed by atoms with Crippen molar-refractivity contribution >= 4 is 0 Å². The molecule has 0 aliphatic carbocycles. The second-order valence-corrected chi connectivity index (χ2v) is 5.71. The fourth-order valence-electron chi connectivity index (χ4n) is 2.60. The van der Waals surface area contributed by atoms with E-state index in [1.54, 1.807) is 13.2 Å². The molecule has 0 fully saturated rings. The van der Waals surface area contributed by atoms with E-state index >= 15 is 0 Å². The monoisotopic (exact) mass is 324 g/mol. The Kier molecular flexibility index (Phi) is 4.79. The number of hydrogen-bond acceptors (Lipinski definition) is 6. The zero-order valence-electron chi connectivity index (χ0n) is 14.1. The van der Waals surface area contributed by atoms with Crippen LogP contribution in [0.5, 0.6) is 5.75 Å². The Morgan fingerprint density at radius 2 is 1.92 bits per heavy atom. The molecular formula is C17H20N6O. The van der Waals surface area contributed by atoms with Gasteiger partial charge in [0.05, 0.1) is 19.3 Å². The topological polar surface area (TPSA) is 78.6 Å². The minimum absolute atomic E-state index is 0.623. The van der Waals surface area contributed by atoms with Crippen LogP contribution in [0.1, 0.15) is 23.2 Å². The van der Waals surface area contributed by atoms with Gasteiger partial charge in [0.15, 0.2) is 0 Å². The van der Waals surface area contributed by atoms with Crippen LogP contribution in [0.4, 0.5) is 0 Å². The molecule has 2 aromatic heterocycles. The highest BCUT2D eigenvalue weighted by molar-refractivity contribution is 5.60. The van der Waals surface area contributed by atoms with Crippen LogP contribution < -0.4 is 4.74 Å². The summed E-state index contributed by atoms with van der Waals surface area (Å²) in [7, 11) is 1.75. The van der Waals surface area contributed by atoms with Crippen molar-refractivity contribution in [2.45, 2.75) is 26.7 Å². The third-order valence-electron chi connectivity index (χ3n) is 3.68. The summed E-state index contributed by atoms with van der Waals surface area (Å²) in [6, 6.07) is 7.94. The molecule has 0 radical (unpaired) electrons. The lowest BCUT2D eigenvalue weighted by Gasteiger charge is -2.13. The van der Waals surface area contributed by atoms with E-state index in [4.69, 9.17) is 4.74 Å². The molecule has 0 atom stereocenters. The number of rotatable bonds is 6. The average molecular weight is 324 g/mol. The van der Waals surface area contributed by atoms with Crippen molar-refractivity contribution in [3.8, 4) is 17.1 Å². The first-order chi connectivity index (χ1) is 11.6. The van der Waals surface area contributed by atoms with E-state index in [0.29, 0.717) is 12.4 Å². The Hall–Kier alpha value is -2.83. The Labute approximate surface area is 140 Å². The predicted octanol–water partition coefficient (Wildman–Crippen LogP) is 2.30. The van der Waals surface area contributed by atoms with E-state index in [1.165, 1.54) is 4.80 Å². The fourth-order valence-corrected chi connectivity index (χ4v) is 2.60. The van der Waals surface area contributed by atoms with E-state index in [-0.39, 0.29) is 0 Å². The number of ether oxygens (including phenoxy) is 1. The van der Waals surface area contributed by atoms with E-state index in [2.05, 4.69) is 25.6 Å². The van der Waals surface area contributed by atoms with Gasteiger partial charge in [-0.15, -0.1) is 10.2 Å². The maximum Gasteiger partial charge on any atom is 0.204 e. The number of benzene rings is 1. The summed E-state index contributed by atoms with van der Waals surface area (Å²) in [5, 5.41) is 20.1. The third-order valence-corrected chi connectivity index (χ3v) is 3.68. The third kappa shape index (κ3) is 3.73. The molecule has 1 aromatic carbocycles. The van der Waals surface area contributed by atoms with Crippen LogP contribution in [0, 0.1) is 13.8 Å². The van der Waals surface area contributed by atoms with Gasteiger partial charge < -0.3 is 4.74 Å². The molecule has 0 amide bonds. The van der Waals surface area contributed by atoms with Crippen LogP contribution in [0.15, 0.2) is 30.5 Å². The largest absolute Gasteiger partial charge is 0.493 e. The first-order valence-corrected chi connectivity index (χ1v) is 7.88. The second kappa shape index (κ2) is 7.16. The molecule has 0 aliphatic rings. The van der Waals surface area contributed by atoms with Gasteiger partial charge in [0.2, 0.25) is 5.82 Å². The highest BCUT2D eigenvalue weighted by Gasteiger charge is 2.11. The number of aryl methyl sites for hydroxylation is 4. The maximum absolute atomic E-state index is 5.98. The van der Waals surface area contributed by atoms with Gasteiger partial charge in [-0.2, -0.15) is 15.0 Å². The summed E-state index contributed by atoms with van der Waals surface area (Å²) in [5.41, 5.74) is 4.07. The van der Waals surface area contributed by atoms with Crippen LogP contribution in [0.3, 0.4) is 0 Å². The number of aromatic nitrogens is 6. The first kappa shape index (κ1) is 16.0. The Bertz CT molecular complexity index is 792. The molecule has 2 heterocycles. The van der Waals surface area contributed by atoms with Gasteiger partial charge in [0.1, 0.15) is 5.75 Å². The number of tetrazole rings is 1. The van der Waals surface area contributed by atoms with Gasteiger partial charge >= 0.3 is 0 Å². The lowest BCUT2D eigenvalue weighted by Crippen LogP contribution is -2.03. The second-order valence-electron chi connectivity index (χ2n) is 5.71.